The van der Waals surface area contributed by atoms with Gasteiger partial charge in [0, 0.05) is 18.8 Å². The van der Waals surface area contributed by atoms with Gasteiger partial charge in [-0.2, -0.15) is 0 Å². The van der Waals surface area contributed by atoms with Crippen LogP contribution in [0.15, 0.2) is 60.3 Å². The highest BCUT2D eigenvalue weighted by atomic mass is 28.4. The van der Waals surface area contributed by atoms with Crippen LogP contribution in [0.4, 0.5) is 0 Å². The molecule has 0 aromatic carbocycles. The van der Waals surface area contributed by atoms with E-state index in [9.17, 15) is 4.79 Å². The molecule has 3 aliphatic rings. The van der Waals surface area contributed by atoms with Crippen LogP contribution in [0.25, 0.3) is 0 Å². The summed E-state index contributed by atoms with van der Waals surface area (Å²) in [6.07, 6.45) is 18.7. The van der Waals surface area contributed by atoms with E-state index < -0.39 is 34.8 Å². The quantitative estimate of drug-likeness (QED) is 0.0856. The maximum atomic E-state index is 13.4. The molecule has 0 aromatic rings. The van der Waals surface area contributed by atoms with Crippen LogP contribution in [-0.2, 0) is 27.9 Å². The van der Waals surface area contributed by atoms with Gasteiger partial charge in [-0.3, -0.25) is 0 Å². The molecule has 0 saturated carbocycles. The van der Waals surface area contributed by atoms with Crippen LogP contribution in [0.5, 0.6) is 0 Å². The number of esters is 1. The Morgan fingerprint density at radius 2 is 1.66 bits per heavy atom. The van der Waals surface area contributed by atoms with Crippen molar-refractivity contribution in [1.82, 2.24) is 0 Å². The fourth-order valence-electron chi connectivity index (χ4n) is 5.99. The van der Waals surface area contributed by atoms with Gasteiger partial charge < -0.3 is 23.1 Å². The molecule has 0 N–H and O–H groups in total. The van der Waals surface area contributed by atoms with Crippen LogP contribution in [0, 0.1) is 17.8 Å². The van der Waals surface area contributed by atoms with Gasteiger partial charge in [0.25, 0.3) is 0 Å². The van der Waals surface area contributed by atoms with Crippen molar-refractivity contribution in [2.75, 3.05) is 6.61 Å². The molecule has 0 radical (unpaired) electrons. The Bertz CT molecular complexity index is 1330. The topological polar surface area (TPSA) is 63.2 Å². The lowest BCUT2D eigenvalue weighted by molar-refractivity contribution is -0.145. The predicted octanol–water partition coefficient (Wildman–Crippen LogP) is 10.4. The minimum Gasteiger partial charge on any atom is -0.449 e. The van der Waals surface area contributed by atoms with Crippen molar-refractivity contribution in [2.24, 2.45) is 5.92 Å². The molecule has 7 atom stereocenters. The van der Waals surface area contributed by atoms with E-state index in [1.54, 1.807) is 0 Å². The maximum Gasteiger partial charge on any atom is 0.384 e. The van der Waals surface area contributed by atoms with Crippen LogP contribution >= 0.6 is 0 Å². The predicted molar refractivity (Wildman–Crippen MR) is 212 cm³/mol. The second-order valence-electron chi connectivity index (χ2n) is 17.8. The Morgan fingerprint density at radius 3 is 2.32 bits per heavy atom. The fraction of sp³-hybridized carbons (Fsp3) is 0.690. The number of hydrogen-bond acceptors (Lipinski definition) is 6. The van der Waals surface area contributed by atoms with Gasteiger partial charge in [-0.1, -0.05) is 115 Å². The number of hydrogen-bond donors (Lipinski definition) is 0. The Kier molecular flexibility index (Phi) is 15.4. The lowest BCUT2D eigenvalue weighted by atomic mass is 9.91. The molecule has 0 aromatic heterocycles. The second kappa shape index (κ2) is 18.2. The molecule has 0 saturated heterocycles. The van der Waals surface area contributed by atoms with E-state index >= 15 is 0 Å². The van der Waals surface area contributed by atoms with Gasteiger partial charge in [0.15, 0.2) is 16.6 Å². The van der Waals surface area contributed by atoms with Crippen LogP contribution < -0.4 is 0 Å². The van der Waals surface area contributed by atoms with Crippen LogP contribution in [-0.4, -0.2) is 65.8 Å². The largest absolute Gasteiger partial charge is 0.449 e. The van der Waals surface area contributed by atoms with Gasteiger partial charge in [-0.25, -0.2) is 4.79 Å². The molecule has 6 nitrogen and oxygen atoms in total. The van der Waals surface area contributed by atoms with Gasteiger partial charge in [-0.05, 0) is 81.2 Å². The normalized spacial score (nSPS) is 29.6. The third-order valence-corrected chi connectivity index (χ3v) is 20.0. The van der Waals surface area contributed by atoms with Crippen molar-refractivity contribution in [1.29, 1.82) is 0 Å². The van der Waals surface area contributed by atoms with Crippen molar-refractivity contribution < 1.29 is 27.9 Å². The van der Waals surface area contributed by atoms with Gasteiger partial charge in [-0.15, -0.1) is 0 Å². The number of carbonyl (C=O) groups excluding carboxylic acids is 1. The number of ether oxygens (including phenoxy) is 3. The van der Waals surface area contributed by atoms with E-state index in [4.69, 9.17) is 23.1 Å². The average molecular weight is 725 g/mol. The van der Waals surface area contributed by atoms with E-state index in [0.29, 0.717) is 25.4 Å². The fourth-order valence-corrected chi connectivity index (χ4v) is 8.52. The third kappa shape index (κ3) is 13.5. The monoisotopic (exact) mass is 724 g/mol. The zero-order valence-corrected chi connectivity index (χ0v) is 35.4. The average Bonchev–Trinajstić information content (AvgIpc) is 2.97. The van der Waals surface area contributed by atoms with Crippen molar-refractivity contribution in [3.63, 3.8) is 0 Å². The van der Waals surface area contributed by atoms with E-state index in [1.165, 1.54) is 11.1 Å². The van der Waals surface area contributed by atoms with Crippen molar-refractivity contribution in [2.45, 2.75) is 173 Å². The summed E-state index contributed by atoms with van der Waals surface area (Å²) in [5.74, 6) is 5.70. The Morgan fingerprint density at radius 1 is 0.980 bits per heavy atom. The van der Waals surface area contributed by atoms with Gasteiger partial charge in [0.1, 0.15) is 12.2 Å². The molecule has 0 amide bonds. The zero-order chi connectivity index (χ0) is 37.3. The summed E-state index contributed by atoms with van der Waals surface area (Å²) in [5, 5.41) is 0.0160. The highest BCUT2D eigenvalue weighted by Gasteiger charge is 2.41. The van der Waals surface area contributed by atoms with E-state index in [1.807, 2.05) is 0 Å². The summed E-state index contributed by atoms with van der Waals surface area (Å²) < 4.78 is 32.7. The van der Waals surface area contributed by atoms with Crippen molar-refractivity contribution >= 4 is 22.6 Å². The molecule has 3 rings (SSSR count). The number of fused-ring (bicyclic) bond motifs is 2. The van der Waals surface area contributed by atoms with E-state index in [2.05, 4.69) is 143 Å². The SMILES string of the molecule is C=C1CC(O[Si](C)(C)C(C)(C)C)/C=C/C[C@@H]([C@H](/C=C/[C@@H]2CC(C)=CCO2)O[Si](C)(C)C(C)(C)C)OC(=O)C#CC[C@@H]2C=CC[C@@H](C[C@@H](C)C1)O2. The first-order valence-electron chi connectivity index (χ1n) is 18.8. The van der Waals surface area contributed by atoms with Gasteiger partial charge in [0.2, 0.25) is 0 Å². The Hall–Kier alpha value is -2.00. The number of rotatable bonds is 7. The molecular weight excluding hydrogens is 657 g/mol. The maximum absolute atomic E-state index is 13.4. The first kappa shape index (κ1) is 42.4. The van der Waals surface area contributed by atoms with Crippen LogP contribution in [0.1, 0.15) is 100 Å². The minimum atomic E-state index is -2.29. The first-order chi connectivity index (χ1) is 23.1. The molecule has 0 aliphatic carbocycles. The summed E-state index contributed by atoms with van der Waals surface area (Å²) in [5.41, 5.74) is 2.49. The molecule has 3 heterocycles. The standard InChI is InChI=1S/C42H68O6Si2/c1-31-25-26-44-35(28-31)23-24-39(48-50(12,13)42(7,8)9)38-21-15-20-37(47-49(10,11)41(4,5)6)30-33(3)27-32(2)29-36-19-14-17-34(45-36)18-16-22-40(43)46-38/h14-15,17,20,23-25,32,34-39H,3,18-19,21,26-30H2,1-2,4-13H3/b20-15+,24-23+/t32-,34-,35+,36-,37?,38-,39-/m0/s1. The molecule has 0 spiro atoms. The van der Waals surface area contributed by atoms with Gasteiger partial charge >= 0.3 is 5.97 Å². The summed E-state index contributed by atoms with van der Waals surface area (Å²) in [6, 6.07) is 0. The minimum absolute atomic E-state index is 0.0418. The molecule has 8 heteroatoms. The zero-order valence-electron chi connectivity index (χ0n) is 33.4. The Balaban J connectivity index is 2.03. The second-order valence-corrected chi connectivity index (χ2v) is 27.4. The van der Waals surface area contributed by atoms with Crippen molar-refractivity contribution in [3.05, 3.63) is 60.3 Å². The highest BCUT2D eigenvalue weighted by Crippen LogP contribution is 2.40. The Labute approximate surface area is 307 Å². The highest BCUT2D eigenvalue weighted by molar-refractivity contribution is 6.74. The molecule has 50 heavy (non-hydrogen) atoms. The number of carbonyl (C=O) groups is 1. The molecule has 280 valence electrons. The number of cyclic esters (lactones) is 1. The molecule has 2 bridgehead atoms. The van der Waals surface area contributed by atoms with E-state index in [0.717, 1.165) is 32.1 Å². The van der Waals surface area contributed by atoms with E-state index in [-0.39, 0.29) is 34.5 Å². The summed E-state index contributed by atoms with van der Waals surface area (Å²) in [7, 11) is -4.39. The third-order valence-electron chi connectivity index (χ3n) is 11.0. The molecular formula is C42H68O6Si2. The summed E-state index contributed by atoms with van der Waals surface area (Å²) in [6.45, 7) is 32.1. The molecule has 3 aliphatic heterocycles. The molecule has 0 fully saturated rings. The smallest absolute Gasteiger partial charge is 0.384 e. The lowest BCUT2D eigenvalue weighted by Crippen LogP contribution is -2.47. The van der Waals surface area contributed by atoms with Crippen LogP contribution in [0.3, 0.4) is 0 Å². The molecule has 1 unspecified atom stereocenters. The summed E-state index contributed by atoms with van der Waals surface area (Å²) in [4.78, 5) is 13.4. The lowest BCUT2D eigenvalue weighted by Gasteiger charge is -2.40. The van der Waals surface area contributed by atoms with Crippen LogP contribution in [0.2, 0.25) is 36.3 Å². The van der Waals surface area contributed by atoms with Gasteiger partial charge in [0.05, 0.1) is 31.0 Å². The summed E-state index contributed by atoms with van der Waals surface area (Å²) >= 11 is 0. The van der Waals surface area contributed by atoms with Crippen molar-refractivity contribution in [3.8, 4) is 11.8 Å². The first-order valence-corrected chi connectivity index (χ1v) is 24.6.